The Balaban J connectivity index is 1.98. The molecule has 4 N–H and O–H groups in total. The van der Waals surface area contributed by atoms with Crippen molar-refractivity contribution in [3.63, 3.8) is 0 Å². The summed E-state index contributed by atoms with van der Waals surface area (Å²) in [7, 11) is 3.45. The molecule has 214 valence electrons. The zero-order chi connectivity index (χ0) is 29.5. The number of rotatable bonds is 11. The van der Waals surface area contributed by atoms with E-state index in [0.29, 0.717) is 25.2 Å². The Labute approximate surface area is 231 Å². The van der Waals surface area contributed by atoms with Gasteiger partial charge in [0.15, 0.2) is 11.5 Å². The van der Waals surface area contributed by atoms with Gasteiger partial charge < -0.3 is 21.1 Å². The molecule has 2 rings (SSSR count). The van der Waals surface area contributed by atoms with Gasteiger partial charge in [-0.1, -0.05) is 19.1 Å². The third kappa shape index (κ3) is 8.91. The molecule has 1 heterocycles. The highest BCUT2D eigenvalue weighted by Gasteiger charge is 2.29. The first-order chi connectivity index (χ1) is 18.1. The molecule has 0 aliphatic rings. The van der Waals surface area contributed by atoms with Gasteiger partial charge in [0.05, 0.1) is 23.6 Å². The number of amides is 3. The van der Waals surface area contributed by atoms with Crippen molar-refractivity contribution in [2.45, 2.75) is 79.1 Å². The van der Waals surface area contributed by atoms with Crippen LogP contribution in [-0.2, 0) is 22.4 Å². The molecule has 0 spiro atoms. The van der Waals surface area contributed by atoms with Crippen LogP contribution < -0.4 is 16.4 Å². The van der Waals surface area contributed by atoms with E-state index in [2.05, 4.69) is 20.6 Å². The molecule has 39 heavy (non-hydrogen) atoms. The van der Waals surface area contributed by atoms with Crippen LogP contribution in [0, 0.1) is 6.92 Å². The fourth-order valence-electron chi connectivity index (χ4n) is 3.84. The predicted octanol–water partition coefficient (Wildman–Crippen LogP) is 3.38. The highest BCUT2D eigenvalue weighted by atomic mass is 16.6. The molecule has 1 aromatic carbocycles. The van der Waals surface area contributed by atoms with Crippen molar-refractivity contribution in [2.75, 3.05) is 26.0 Å². The van der Waals surface area contributed by atoms with Gasteiger partial charge in [-0.25, -0.2) is 14.8 Å². The Morgan fingerprint density at radius 3 is 2.38 bits per heavy atom. The largest absolute Gasteiger partial charge is 0.444 e. The van der Waals surface area contributed by atoms with Crippen LogP contribution in [0.1, 0.15) is 69.0 Å². The maximum atomic E-state index is 12.8. The molecule has 0 radical (unpaired) electrons. The average molecular weight is 542 g/mol. The molecule has 1 unspecified atom stereocenters. The van der Waals surface area contributed by atoms with E-state index < -0.39 is 23.6 Å². The monoisotopic (exact) mass is 541 g/mol. The standard InChI is InChI=1S/C28H43N7O4/c1-10-22-17(2)31-25(23(33-22)24(29)36)32-21-13-11-12-20(16-21)14-15-30-26(37)18(3)34(8)19(4)35(9)27(38)39-28(5,6)7/h11-13,16,18-19H,10,14-15H2,1-9H3,(H2,29,36)(H,30,37)(H,31,32)/t18-,19?/m0/s1. The zero-order valence-corrected chi connectivity index (χ0v) is 24.6. The summed E-state index contributed by atoms with van der Waals surface area (Å²) in [5, 5.41) is 6.12. The number of aryl methyl sites for hydroxylation is 2. The van der Waals surface area contributed by atoms with Crippen molar-refractivity contribution in [1.29, 1.82) is 0 Å². The van der Waals surface area contributed by atoms with Crippen LogP contribution >= 0.6 is 0 Å². The Morgan fingerprint density at radius 1 is 1.13 bits per heavy atom. The highest BCUT2D eigenvalue weighted by molar-refractivity contribution is 5.96. The smallest absolute Gasteiger partial charge is 0.411 e. The van der Waals surface area contributed by atoms with Crippen LogP contribution in [0.5, 0.6) is 0 Å². The van der Waals surface area contributed by atoms with Crippen LogP contribution in [0.2, 0.25) is 0 Å². The van der Waals surface area contributed by atoms with Gasteiger partial charge in [-0.15, -0.1) is 0 Å². The van der Waals surface area contributed by atoms with Crippen LogP contribution in [0.25, 0.3) is 0 Å². The molecule has 11 heteroatoms. The molecular formula is C28H43N7O4. The lowest BCUT2D eigenvalue weighted by molar-refractivity contribution is -0.127. The van der Waals surface area contributed by atoms with Crippen LogP contribution in [0.15, 0.2) is 24.3 Å². The number of hydrogen-bond donors (Lipinski definition) is 3. The van der Waals surface area contributed by atoms with E-state index in [1.807, 2.05) is 70.7 Å². The molecule has 2 atom stereocenters. The van der Waals surface area contributed by atoms with Gasteiger partial charge in [-0.2, -0.15) is 0 Å². The minimum Gasteiger partial charge on any atom is -0.444 e. The van der Waals surface area contributed by atoms with Crippen LogP contribution in [0.3, 0.4) is 0 Å². The summed E-state index contributed by atoms with van der Waals surface area (Å²) >= 11 is 0. The van der Waals surface area contributed by atoms with Crippen molar-refractivity contribution in [3.8, 4) is 0 Å². The van der Waals surface area contributed by atoms with E-state index in [9.17, 15) is 14.4 Å². The number of aromatic nitrogens is 2. The third-order valence-corrected chi connectivity index (χ3v) is 6.46. The molecule has 2 aromatic rings. The Bertz CT molecular complexity index is 1180. The molecule has 11 nitrogen and oxygen atoms in total. The van der Waals surface area contributed by atoms with Crippen molar-refractivity contribution in [3.05, 3.63) is 46.9 Å². The first-order valence-corrected chi connectivity index (χ1v) is 13.1. The lowest BCUT2D eigenvalue weighted by atomic mass is 10.1. The minimum absolute atomic E-state index is 0.0970. The lowest BCUT2D eigenvalue weighted by Gasteiger charge is -2.36. The number of primary amides is 1. The summed E-state index contributed by atoms with van der Waals surface area (Å²) in [4.78, 5) is 49.3. The normalized spacial score (nSPS) is 13.0. The number of anilines is 2. The summed E-state index contributed by atoms with van der Waals surface area (Å²) in [5.41, 5.74) is 8.20. The predicted molar refractivity (Wildman–Crippen MR) is 152 cm³/mol. The summed E-state index contributed by atoms with van der Waals surface area (Å²) < 4.78 is 5.43. The average Bonchev–Trinajstić information content (AvgIpc) is 2.86. The molecular weight excluding hydrogens is 498 g/mol. The molecule has 0 saturated heterocycles. The lowest BCUT2D eigenvalue weighted by Crippen LogP contribution is -2.54. The van der Waals surface area contributed by atoms with Gasteiger partial charge in [0, 0.05) is 19.3 Å². The van der Waals surface area contributed by atoms with Crippen molar-refractivity contribution in [1.82, 2.24) is 25.1 Å². The highest BCUT2D eigenvalue weighted by Crippen LogP contribution is 2.21. The number of nitrogens with two attached hydrogens (primary N) is 1. The molecule has 1 aromatic heterocycles. The summed E-state index contributed by atoms with van der Waals surface area (Å²) in [6.07, 6.45) is 0.432. The molecule has 0 saturated carbocycles. The molecule has 3 amide bonds. The zero-order valence-electron chi connectivity index (χ0n) is 24.6. The Morgan fingerprint density at radius 2 is 1.79 bits per heavy atom. The fraction of sp³-hybridized carbons (Fsp3) is 0.536. The number of carbonyl (C=O) groups is 3. The molecule has 0 fully saturated rings. The molecule has 0 aliphatic heterocycles. The van der Waals surface area contributed by atoms with Gasteiger partial charge in [0.2, 0.25) is 5.91 Å². The Hall–Kier alpha value is -3.73. The van der Waals surface area contributed by atoms with E-state index in [-0.39, 0.29) is 17.8 Å². The quantitative estimate of drug-likeness (QED) is 0.368. The van der Waals surface area contributed by atoms with E-state index in [4.69, 9.17) is 10.5 Å². The second-order valence-electron chi connectivity index (χ2n) is 10.6. The number of carbonyl (C=O) groups excluding carboxylic acids is 3. The van der Waals surface area contributed by atoms with Crippen LogP contribution in [0.4, 0.5) is 16.3 Å². The summed E-state index contributed by atoms with van der Waals surface area (Å²) in [6, 6.07) is 7.15. The van der Waals surface area contributed by atoms with Gasteiger partial charge in [-0.3, -0.25) is 19.4 Å². The summed E-state index contributed by atoms with van der Waals surface area (Å²) in [6.45, 7) is 13.3. The Kier molecular flexibility index (Phi) is 10.8. The number of nitrogens with zero attached hydrogens (tertiary/aromatic N) is 4. The van der Waals surface area contributed by atoms with Gasteiger partial charge in [-0.05, 0) is 79.1 Å². The topological polar surface area (TPSA) is 143 Å². The maximum Gasteiger partial charge on any atom is 0.411 e. The maximum absolute atomic E-state index is 12.8. The second-order valence-corrected chi connectivity index (χ2v) is 10.6. The van der Waals surface area contributed by atoms with Crippen molar-refractivity contribution < 1.29 is 19.1 Å². The first-order valence-electron chi connectivity index (χ1n) is 13.1. The van der Waals surface area contributed by atoms with E-state index in [0.717, 1.165) is 22.6 Å². The van der Waals surface area contributed by atoms with Crippen molar-refractivity contribution in [2.24, 2.45) is 5.73 Å². The van der Waals surface area contributed by atoms with Gasteiger partial charge >= 0.3 is 6.09 Å². The van der Waals surface area contributed by atoms with E-state index >= 15 is 0 Å². The molecule has 0 aliphatic carbocycles. The van der Waals surface area contributed by atoms with E-state index in [1.54, 1.807) is 21.0 Å². The first kappa shape index (κ1) is 31.5. The number of likely N-dealkylation sites (N-methyl/N-ethyl adjacent to an activating group) is 1. The third-order valence-electron chi connectivity index (χ3n) is 6.46. The second kappa shape index (κ2) is 13.4. The number of ether oxygens (including phenoxy) is 1. The molecule has 0 bridgehead atoms. The van der Waals surface area contributed by atoms with Gasteiger partial charge in [0.25, 0.3) is 5.91 Å². The van der Waals surface area contributed by atoms with E-state index in [1.165, 1.54) is 4.90 Å². The number of nitrogens with one attached hydrogen (secondary N) is 2. The van der Waals surface area contributed by atoms with Crippen molar-refractivity contribution >= 4 is 29.4 Å². The number of benzene rings is 1. The minimum atomic E-state index is -0.649. The van der Waals surface area contributed by atoms with Crippen LogP contribution in [-0.4, -0.2) is 76.1 Å². The van der Waals surface area contributed by atoms with Gasteiger partial charge in [0.1, 0.15) is 5.60 Å². The summed E-state index contributed by atoms with van der Waals surface area (Å²) in [5.74, 6) is -0.488. The fourth-order valence-corrected chi connectivity index (χ4v) is 3.84. The number of hydrogen-bond acceptors (Lipinski definition) is 8. The SMILES string of the molecule is CCc1nc(C(N)=O)c(Nc2cccc(CCNC(=O)[C@H](C)N(C)C(C)N(C)C(=O)OC(C)(C)C)c2)nc1C.